The van der Waals surface area contributed by atoms with Crippen molar-refractivity contribution in [3.05, 3.63) is 52.0 Å². The number of aromatic nitrogens is 2. The summed E-state index contributed by atoms with van der Waals surface area (Å²) in [6.07, 6.45) is -2.68. The molecule has 2 aliphatic rings. The Hall–Kier alpha value is -3.15. The quantitative estimate of drug-likeness (QED) is 0.753. The van der Waals surface area contributed by atoms with Crippen molar-refractivity contribution in [2.45, 2.75) is 45.2 Å². The molecular weight excluding hydrogens is 407 g/mol. The van der Waals surface area contributed by atoms with Crippen LogP contribution < -0.4 is 15.4 Å². The van der Waals surface area contributed by atoms with E-state index in [1.54, 1.807) is 13.0 Å². The first-order valence-electron chi connectivity index (χ1n) is 10.2. The lowest BCUT2D eigenvalue weighted by Crippen LogP contribution is -2.41. The second-order valence-corrected chi connectivity index (χ2v) is 8.39. The van der Waals surface area contributed by atoms with Gasteiger partial charge < -0.3 is 15.4 Å². The number of benzene rings is 1. The molecule has 0 radical (unpaired) electrons. The Kier molecular flexibility index (Phi) is 4.91. The second-order valence-electron chi connectivity index (χ2n) is 8.39. The average molecular weight is 431 g/mol. The maximum absolute atomic E-state index is 13.9. The summed E-state index contributed by atoms with van der Waals surface area (Å²) in [6.45, 7) is 6.85. The molecule has 2 aliphatic heterocycles. The van der Waals surface area contributed by atoms with Crippen LogP contribution >= 0.6 is 0 Å². The molecule has 0 amide bonds. The Balaban J connectivity index is 2.09. The van der Waals surface area contributed by atoms with E-state index in [1.807, 2.05) is 18.7 Å². The summed E-state index contributed by atoms with van der Waals surface area (Å²) in [7, 11) is 0. The van der Waals surface area contributed by atoms with Gasteiger partial charge in [-0.15, -0.1) is 0 Å². The van der Waals surface area contributed by atoms with Crippen molar-refractivity contribution in [2.75, 3.05) is 18.0 Å². The molecule has 1 aromatic heterocycles. The van der Waals surface area contributed by atoms with E-state index >= 15 is 0 Å². The van der Waals surface area contributed by atoms with Gasteiger partial charge in [0.2, 0.25) is 11.8 Å². The van der Waals surface area contributed by atoms with Crippen molar-refractivity contribution in [3.8, 4) is 11.9 Å². The minimum atomic E-state index is -4.54. The molecule has 2 aromatic rings. The third-order valence-corrected chi connectivity index (χ3v) is 6.31. The zero-order chi connectivity index (χ0) is 22.6. The maximum atomic E-state index is 13.9. The van der Waals surface area contributed by atoms with Gasteiger partial charge in [0.15, 0.2) is 0 Å². The number of aromatic amines is 1. The fourth-order valence-electron chi connectivity index (χ4n) is 4.93. The van der Waals surface area contributed by atoms with Crippen LogP contribution in [-0.2, 0) is 11.6 Å². The topological polar surface area (TPSA) is 91.0 Å². The number of nitrogens with zero attached hydrogens (tertiary/aromatic N) is 3. The lowest BCUT2D eigenvalue weighted by molar-refractivity contribution is -0.137. The van der Waals surface area contributed by atoms with E-state index in [0.717, 1.165) is 18.9 Å². The van der Waals surface area contributed by atoms with Crippen LogP contribution in [0, 0.1) is 24.2 Å². The molecule has 0 unspecified atom stereocenters. The summed E-state index contributed by atoms with van der Waals surface area (Å²) < 4.78 is 47.4. The van der Waals surface area contributed by atoms with Gasteiger partial charge >= 0.3 is 6.18 Å². The molecule has 0 aliphatic carbocycles. The highest BCUT2D eigenvalue weighted by molar-refractivity contribution is 5.65. The van der Waals surface area contributed by atoms with Crippen molar-refractivity contribution < 1.29 is 17.9 Å². The highest BCUT2D eigenvalue weighted by atomic mass is 19.4. The van der Waals surface area contributed by atoms with Crippen LogP contribution in [0.25, 0.3) is 0 Å². The van der Waals surface area contributed by atoms with E-state index in [4.69, 9.17) is 10.5 Å². The van der Waals surface area contributed by atoms with Crippen LogP contribution in [-0.4, -0.2) is 23.3 Å². The van der Waals surface area contributed by atoms with Crippen LogP contribution in [0.4, 0.5) is 18.9 Å². The van der Waals surface area contributed by atoms with Gasteiger partial charge in [0.05, 0.1) is 22.2 Å². The lowest BCUT2D eigenvalue weighted by atomic mass is 9.61. The Morgan fingerprint density at radius 1 is 1.26 bits per heavy atom. The van der Waals surface area contributed by atoms with Crippen molar-refractivity contribution >= 4 is 5.69 Å². The first-order valence-corrected chi connectivity index (χ1v) is 10.2. The number of nitrogens with two attached hydrogens (primary N) is 1. The summed E-state index contributed by atoms with van der Waals surface area (Å²) in [5, 5.41) is 17.0. The lowest BCUT2D eigenvalue weighted by Gasteiger charge is -2.41. The molecule has 0 spiro atoms. The predicted octanol–water partition coefficient (Wildman–Crippen LogP) is 4.37. The number of alkyl halides is 3. The van der Waals surface area contributed by atoms with Crippen molar-refractivity contribution in [3.63, 3.8) is 0 Å². The number of aryl methyl sites for hydroxylation is 1. The minimum absolute atomic E-state index is 0.0891. The highest BCUT2D eigenvalue weighted by Crippen LogP contribution is 2.53. The zero-order valence-electron chi connectivity index (χ0n) is 17.6. The molecule has 1 fully saturated rings. The minimum Gasteiger partial charge on any atom is -0.422 e. The van der Waals surface area contributed by atoms with Gasteiger partial charge in [-0.3, -0.25) is 0 Å². The molecule has 1 aromatic carbocycles. The van der Waals surface area contributed by atoms with E-state index < -0.39 is 17.2 Å². The first kappa shape index (κ1) is 21.1. The number of nitriles is 1. The smallest absolute Gasteiger partial charge is 0.416 e. The van der Waals surface area contributed by atoms with Crippen LogP contribution in [0.15, 0.2) is 29.7 Å². The molecule has 0 saturated carbocycles. The third-order valence-electron chi connectivity index (χ3n) is 6.31. The standard InChI is InChI=1S/C22H24F3N5O/c1-12(2)21(17(11-26)19(27)31-20-18(21)13(3)28-29-20)14-8-15(22(23,24)25)10-16(9-14)30-6-4-5-7-30/h8-10,12H,4-7,27H2,1-3H3,(H,28,29)/t21-/m0/s1. The Labute approximate surface area is 178 Å². The molecule has 31 heavy (non-hydrogen) atoms. The number of allylic oxidation sites excluding steroid dienone is 1. The van der Waals surface area contributed by atoms with Crippen LogP contribution in [0.1, 0.15) is 49.1 Å². The van der Waals surface area contributed by atoms with Gasteiger partial charge in [0.1, 0.15) is 11.6 Å². The van der Waals surface area contributed by atoms with E-state index in [9.17, 15) is 18.4 Å². The van der Waals surface area contributed by atoms with Crippen LogP contribution in [0.3, 0.4) is 0 Å². The molecule has 3 N–H and O–H groups in total. The van der Waals surface area contributed by atoms with Gasteiger partial charge in [-0.2, -0.15) is 23.5 Å². The predicted molar refractivity (Wildman–Crippen MR) is 109 cm³/mol. The number of halogens is 3. The van der Waals surface area contributed by atoms with Gasteiger partial charge in [-0.05, 0) is 49.4 Å². The number of H-pyrrole nitrogens is 1. The largest absolute Gasteiger partial charge is 0.422 e. The number of hydrogen-bond donors (Lipinski definition) is 2. The molecule has 4 rings (SSSR count). The van der Waals surface area contributed by atoms with Gasteiger partial charge in [-0.25, -0.2) is 5.10 Å². The van der Waals surface area contributed by atoms with Crippen LogP contribution in [0.2, 0.25) is 0 Å². The number of ether oxygens (including phenoxy) is 1. The van der Waals surface area contributed by atoms with E-state index in [2.05, 4.69) is 16.3 Å². The second kappa shape index (κ2) is 7.22. The fourth-order valence-corrected chi connectivity index (χ4v) is 4.93. The van der Waals surface area contributed by atoms with E-state index in [1.165, 1.54) is 6.07 Å². The van der Waals surface area contributed by atoms with Gasteiger partial charge in [0.25, 0.3) is 0 Å². The Bertz CT molecular complexity index is 1090. The normalized spacial score (nSPS) is 21.3. The summed E-state index contributed by atoms with van der Waals surface area (Å²) in [5.74, 6) is -0.190. The molecule has 1 saturated heterocycles. The first-order chi connectivity index (χ1) is 14.6. The molecule has 0 bridgehead atoms. The van der Waals surface area contributed by atoms with Crippen molar-refractivity contribution in [2.24, 2.45) is 11.7 Å². The number of anilines is 1. The Morgan fingerprint density at radius 3 is 2.52 bits per heavy atom. The SMILES string of the molecule is Cc1n[nH]c2c1[C@](c1cc(N3CCCC3)cc(C(F)(F)F)c1)(C(C)C)C(C#N)=C(N)O2. The Morgan fingerprint density at radius 2 is 1.94 bits per heavy atom. The number of rotatable bonds is 3. The fraction of sp³-hybridized carbons (Fsp3) is 0.455. The van der Waals surface area contributed by atoms with Crippen molar-refractivity contribution in [1.29, 1.82) is 5.26 Å². The van der Waals surface area contributed by atoms with E-state index in [-0.39, 0.29) is 23.3 Å². The third kappa shape index (κ3) is 3.12. The summed E-state index contributed by atoms with van der Waals surface area (Å²) in [6, 6.07) is 6.19. The van der Waals surface area contributed by atoms with Gasteiger partial charge in [0, 0.05) is 18.8 Å². The van der Waals surface area contributed by atoms with E-state index in [0.29, 0.717) is 35.6 Å². The molecule has 6 nitrogen and oxygen atoms in total. The summed E-state index contributed by atoms with van der Waals surface area (Å²) in [5.41, 5.74) is 6.14. The van der Waals surface area contributed by atoms with Crippen LogP contribution in [0.5, 0.6) is 5.88 Å². The number of nitrogens with one attached hydrogen (secondary N) is 1. The molecular formula is C22H24F3N5O. The highest BCUT2D eigenvalue weighted by Gasteiger charge is 2.51. The number of hydrogen-bond acceptors (Lipinski definition) is 5. The molecule has 3 heterocycles. The maximum Gasteiger partial charge on any atom is 0.416 e. The summed E-state index contributed by atoms with van der Waals surface area (Å²) in [4.78, 5) is 1.95. The molecule has 9 heteroatoms. The van der Waals surface area contributed by atoms with Crippen molar-refractivity contribution in [1.82, 2.24) is 10.2 Å². The average Bonchev–Trinajstić information content (AvgIpc) is 3.36. The number of fused-ring (bicyclic) bond motifs is 1. The summed E-state index contributed by atoms with van der Waals surface area (Å²) >= 11 is 0. The zero-order valence-corrected chi connectivity index (χ0v) is 17.6. The molecule has 1 atom stereocenters. The molecule has 164 valence electrons. The van der Waals surface area contributed by atoms with Gasteiger partial charge in [-0.1, -0.05) is 13.8 Å². The monoisotopic (exact) mass is 431 g/mol.